The van der Waals surface area contributed by atoms with Gasteiger partial charge in [0.2, 0.25) is 0 Å². The first-order chi connectivity index (χ1) is 10.5. The molecule has 0 bridgehead atoms. The van der Waals surface area contributed by atoms with Gasteiger partial charge in [0, 0.05) is 19.6 Å². The molecule has 4 heteroatoms. The van der Waals surface area contributed by atoms with E-state index in [4.69, 9.17) is 4.74 Å². The van der Waals surface area contributed by atoms with E-state index in [0.717, 1.165) is 25.4 Å². The molecule has 0 aromatic heterocycles. The molecule has 1 aliphatic carbocycles. The van der Waals surface area contributed by atoms with Gasteiger partial charge in [-0.1, -0.05) is 20.8 Å². The molecule has 1 rings (SSSR count). The number of hydrogen-bond acceptors (Lipinski definition) is 3. The molecule has 0 atom stereocenters. The Balaban J connectivity index is 2.15. The van der Waals surface area contributed by atoms with Gasteiger partial charge < -0.3 is 15.0 Å². The second-order valence-electron chi connectivity index (χ2n) is 9.12. The van der Waals surface area contributed by atoms with Crippen LogP contribution in [0, 0.1) is 11.3 Å². The number of nitrogens with zero attached hydrogens (tertiary/aromatic N) is 1. The smallest absolute Gasteiger partial charge is 0.410 e. The SMILES string of the molecule is CN(CCCNC1CCC(C(C)(C)C)CC1)C(=O)OC(C)(C)C. The molecule has 1 fully saturated rings. The van der Waals surface area contributed by atoms with E-state index in [0.29, 0.717) is 11.5 Å². The fourth-order valence-corrected chi connectivity index (χ4v) is 3.22. The molecule has 23 heavy (non-hydrogen) atoms. The van der Waals surface area contributed by atoms with Gasteiger partial charge >= 0.3 is 6.09 Å². The molecular weight excluding hydrogens is 288 g/mol. The summed E-state index contributed by atoms with van der Waals surface area (Å²) in [6, 6.07) is 0.653. The van der Waals surface area contributed by atoms with E-state index in [1.807, 2.05) is 27.8 Å². The van der Waals surface area contributed by atoms with Crippen molar-refractivity contribution in [3.8, 4) is 0 Å². The van der Waals surface area contributed by atoms with E-state index in [1.54, 1.807) is 4.90 Å². The summed E-state index contributed by atoms with van der Waals surface area (Å²) in [6.07, 6.45) is 5.96. The van der Waals surface area contributed by atoms with Crippen LogP contribution in [0.5, 0.6) is 0 Å². The van der Waals surface area contributed by atoms with Crippen molar-refractivity contribution in [3.05, 3.63) is 0 Å². The van der Waals surface area contributed by atoms with E-state index in [1.165, 1.54) is 25.7 Å². The summed E-state index contributed by atoms with van der Waals surface area (Å²) in [5, 5.41) is 3.66. The predicted molar refractivity (Wildman–Crippen MR) is 96.7 cm³/mol. The number of carbonyl (C=O) groups excluding carboxylic acids is 1. The molecule has 1 saturated carbocycles. The topological polar surface area (TPSA) is 41.6 Å². The second kappa shape index (κ2) is 8.36. The molecule has 1 aliphatic rings. The Kier molecular flexibility index (Phi) is 7.37. The third-order valence-electron chi connectivity index (χ3n) is 4.76. The Morgan fingerprint density at radius 3 is 2.13 bits per heavy atom. The van der Waals surface area contributed by atoms with E-state index < -0.39 is 5.60 Å². The van der Waals surface area contributed by atoms with Crippen LogP contribution in [0.2, 0.25) is 0 Å². The number of ether oxygens (including phenoxy) is 1. The number of carbonyl (C=O) groups is 1. The Morgan fingerprint density at radius 1 is 1.09 bits per heavy atom. The maximum Gasteiger partial charge on any atom is 0.410 e. The summed E-state index contributed by atoms with van der Waals surface area (Å²) in [5.74, 6) is 0.860. The van der Waals surface area contributed by atoms with Crippen LogP contribution in [0.4, 0.5) is 4.79 Å². The number of hydrogen-bond donors (Lipinski definition) is 1. The monoisotopic (exact) mass is 326 g/mol. The highest BCUT2D eigenvalue weighted by Crippen LogP contribution is 2.37. The van der Waals surface area contributed by atoms with Crippen molar-refractivity contribution < 1.29 is 9.53 Å². The molecule has 0 spiro atoms. The number of amides is 1. The van der Waals surface area contributed by atoms with Crippen molar-refractivity contribution in [1.82, 2.24) is 10.2 Å². The zero-order valence-corrected chi connectivity index (χ0v) is 16.4. The Labute approximate surface area is 143 Å². The lowest BCUT2D eigenvalue weighted by molar-refractivity contribution is 0.0297. The van der Waals surface area contributed by atoms with Crippen LogP contribution in [0.25, 0.3) is 0 Å². The molecule has 0 radical (unpaired) electrons. The van der Waals surface area contributed by atoms with Crippen LogP contribution in [0.3, 0.4) is 0 Å². The number of rotatable bonds is 5. The second-order valence-corrected chi connectivity index (χ2v) is 9.12. The first-order valence-electron chi connectivity index (χ1n) is 9.16. The van der Waals surface area contributed by atoms with Gasteiger partial charge in [-0.3, -0.25) is 0 Å². The van der Waals surface area contributed by atoms with E-state index in [9.17, 15) is 4.79 Å². The summed E-state index contributed by atoms with van der Waals surface area (Å²) in [5.41, 5.74) is 0.0242. The first kappa shape index (κ1) is 20.3. The van der Waals surface area contributed by atoms with E-state index >= 15 is 0 Å². The van der Waals surface area contributed by atoms with Crippen molar-refractivity contribution in [2.75, 3.05) is 20.1 Å². The Morgan fingerprint density at radius 2 is 1.65 bits per heavy atom. The molecule has 1 amide bonds. The highest BCUT2D eigenvalue weighted by atomic mass is 16.6. The van der Waals surface area contributed by atoms with Crippen LogP contribution < -0.4 is 5.32 Å². The van der Waals surface area contributed by atoms with Crippen molar-refractivity contribution in [2.45, 2.75) is 85.3 Å². The van der Waals surface area contributed by atoms with Gasteiger partial charge in [0.1, 0.15) is 5.60 Å². The quantitative estimate of drug-likeness (QED) is 0.760. The summed E-state index contributed by atoms with van der Waals surface area (Å²) < 4.78 is 5.36. The van der Waals surface area contributed by atoms with Crippen molar-refractivity contribution in [2.24, 2.45) is 11.3 Å². The van der Waals surface area contributed by atoms with Gasteiger partial charge in [-0.2, -0.15) is 0 Å². The molecule has 0 heterocycles. The highest BCUT2D eigenvalue weighted by Gasteiger charge is 2.29. The van der Waals surface area contributed by atoms with Gasteiger partial charge in [0.15, 0.2) is 0 Å². The van der Waals surface area contributed by atoms with Crippen LogP contribution in [0.15, 0.2) is 0 Å². The standard InChI is InChI=1S/C19H38N2O2/c1-18(2,3)15-9-11-16(12-10-15)20-13-8-14-21(7)17(22)23-19(4,5)6/h15-16,20H,8-14H2,1-7H3. The van der Waals surface area contributed by atoms with Crippen molar-refractivity contribution in [1.29, 1.82) is 0 Å². The third-order valence-corrected chi connectivity index (χ3v) is 4.76. The van der Waals surface area contributed by atoms with Crippen LogP contribution >= 0.6 is 0 Å². The summed E-state index contributed by atoms with van der Waals surface area (Å²) in [4.78, 5) is 13.5. The maximum absolute atomic E-state index is 11.9. The lowest BCUT2D eigenvalue weighted by Gasteiger charge is -2.37. The van der Waals surface area contributed by atoms with Gasteiger partial charge in [0.25, 0.3) is 0 Å². The zero-order chi connectivity index (χ0) is 17.7. The fraction of sp³-hybridized carbons (Fsp3) is 0.947. The Bertz CT molecular complexity index is 361. The van der Waals surface area contributed by atoms with Crippen molar-refractivity contribution >= 4 is 6.09 Å². The Hall–Kier alpha value is -0.770. The molecule has 0 aromatic rings. The average Bonchev–Trinajstić information content (AvgIpc) is 2.41. The largest absolute Gasteiger partial charge is 0.444 e. The van der Waals surface area contributed by atoms with Crippen molar-refractivity contribution in [3.63, 3.8) is 0 Å². The maximum atomic E-state index is 11.9. The molecule has 0 unspecified atom stereocenters. The minimum absolute atomic E-state index is 0.233. The van der Waals surface area contributed by atoms with Gasteiger partial charge in [0.05, 0.1) is 0 Å². The third kappa shape index (κ3) is 8.05. The van der Waals surface area contributed by atoms with Crippen LogP contribution in [-0.4, -0.2) is 42.8 Å². The van der Waals surface area contributed by atoms with E-state index in [-0.39, 0.29) is 6.09 Å². The molecule has 0 aromatic carbocycles. The minimum Gasteiger partial charge on any atom is -0.444 e. The minimum atomic E-state index is -0.421. The lowest BCUT2D eigenvalue weighted by atomic mass is 9.71. The van der Waals surface area contributed by atoms with Gasteiger partial charge in [-0.05, 0) is 70.8 Å². The molecule has 0 aliphatic heterocycles. The molecular formula is C19H38N2O2. The van der Waals surface area contributed by atoms with E-state index in [2.05, 4.69) is 26.1 Å². The summed E-state index contributed by atoms with van der Waals surface area (Å²) in [6.45, 7) is 14.5. The zero-order valence-electron chi connectivity index (χ0n) is 16.4. The fourth-order valence-electron chi connectivity index (χ4n) is 3.22. The van der Waals surface area contributed by atoms with Gasteiger partial charge in [-0.25, -0.2) is 4.79 Å². The average molecular weight is 327 g/mol. The summed E-state index contributed by atoms with van der Waals surface area (Å²) >= 11 is 0. The first-order valence-corrected chi connectivity index (χ1v) is 9.16. The van der Waals surface area contributed by atoms with Crippen LogP contribution in [0.1, 0.15) is 73.6 Å². The normalized spacial score (nSPS) is 22.7. The van der Waals surface area contributed by atoms with Crippen LogP contribution in [-0.2, 0) is 4.74 Å². The molecule has 0 saturated heterocycles. The number of nitrogens with one attached hydrogen (secondary N) is 1. The summed E-state index contributed by atoms with van der Waals surface area (Å²) in [7, 11) is 1.81. The molecule has 4 nitrogen and oxygen atoms in total. The molecule has 1 N–H and O–H groups in total. The highest BCUT2D eigenvalue weighted by molar-refractivity contribution is 5.67. The predicted octanol–water partition coefficient (Wildman–Crippen LogP) is 4.44. The van der Waals surface area contributed by atoms with Gasteiger partial charge in [-0.15, -0.1) is 0 Å². The lowest BCUT2D eigenvalue weighted by Crippen LogP contribution is -2.38. The molecule has 136 valence electrons.